The second kappa shape index (κ2) is 9.93. The fourth-order valence-corrected chi connectivity index (χ4v) is 3.59. The summed E-state index contributed by atoms with van der Waals surface area (Å²) in [4.78, 5) is 30.8. The number of hydrogen-bond acceptors (Lipinski definition) is 4. The van der Waals surface area contributed by atoms with Crippen molar-refractivity contribution in [1.82, 2.24) is 10.2 Å². The minimum atomic E-state index is -1.22. The molecule has 7 heteroatoms. The summed E-state index contributed by atoms with van der Waals surface area (Å²) in [7, 11) is 0. The van der Waals surface area contributed by atoms with Crippen molar-refractivity contribution in [2.24, 2.45) is 4.99 Å². The van der Waals surface area contributed by atoms with E-state index in [9.17, 15) is 19.8 Å². The Morgan fingerprint density at radius 2 is 1.68 bits per heavy atom. The normalized spacial score (nSPS) is 12.8. The molecule has 0 aromatic heterocycles. The molecule has 0 saturated carbocycles. The lowest BCUT2D eigenvalue weighted by atomic mass is 10.0. The Kier molecular flexibility index (Phi) is 7.07. The first-order valence-corrected chi connectivity index (χ1v) is 10.4. The van der Waals surface area contributed by atoms with Gasteiger partial charge in [0.2, 0.25) is 5.91 Å². The number of phenolic OH excluding ortho intramolecular Hbond substituents is 1. The number of benzene rings is 2. The third-order valence-electron chi connectivity index (χ3n) is 4.97. The van der Waals surface area contributed by atoms with Crippen LogP contribution >= 0.6 is 0 Å². The second-order valence-corrected chi connectivity index (χ2v) is 7.45. The van der Waals surface area contributed by atoms with Crippen LogP contribution < -0.4 is 5.32 Å². The molecule has 1 aliphatic heterocycles. The zero-order chi connectivity index (χ0) is 22.4. The number of amidine groups is 1. The van der Waals surface area contributed by atoms with E-state index in [4.69, 9.17) is 0 Å². The number of nitrogens with one attached hydrogen (secondary N) is 1. The van der Waals surface area contributed by atoms with Gasteiger partial charge in [0, 0.05) is 30.6 Å². The molecule has 1 aliphatic rings. The number of nitrogens with zero attached hydrogens (tertiary/aromatic N) is 2. The first-order chi connectivity index (χ1) is 14.9. The summed E-state index contributed by atoms with van der Waals surface area (Å²) in [6.45, 7) is 5.35. The van der Waals surface area contributed by atoms with E-state index in [0.717, 1.165) is 29.5 Å². The quantitative estimate of drug-likeness (QED) is 0.624. The fraction of sp³-hybridized carbons (Fsp3) is 0.292. The zero-order valence-electron chi connectivity index (χ0n) is 17.8. The molecule has 0 bridgehead atoms. The summed E-state index contributed by atoms with van der Waals surface area (Å²) in [5.41, 5.74) is 3.60. The summed E-state index contributed by atoms with van der Waals surface area (Å²) in [6, 6.07) is 12.5. The van der Waals surface area contributed by atoms with Gasteiger partial charge < -0.3 is 15.1 Å². The molecule has 0 spiro atoms. The van der Waals surface area contributed by atoms with Gasteiger partial charge in [-0.1, -0.05) is 38.1 Å². The smallest absolute Gasteiger partial charge is 0.410 e. The van der Waals surface area contributed by atoms with Crippen LogP contribution in [0, 0.1) is 0 Å². The fourth-order valence-electron chi connectivity index (χ4n) is 3.59. The van der Waals surface area contributed by atoms with Crippen LogP contribution in [-0.4, -0.2) is 46.0 Å². The highest BCUT2D eigenvalue weighted by molar-refractivity contribution is 6.08. The predicted octanol–water partition coefficient (Wildman–Crippen LogP) is 4.79. The van der Waals surface area contributed by atoms with E-state index in [1.807, 2.05) is 32.0 Å². The van der Waals surface area contributed by atoms with Gasteiger partial charge in [-0.15, -0.1) is 0 Å². The van der Waals surface area contributed by atoms with Crippen LogP contribution in [0.4, 0.5) is 10.5 Å². The molecule has 2 aromatic carbocycles. The largest absolute Gasteiger partial charge is 0.508 e. The van der Waals surface area contributed by atoms with Gasteiger partial charge in [0.05, 0.1) is 5.69 Å². The van der Waals surface area contributed by atoms with Crippen molar-refractivity contribution in [3.63, 3.8) is 0 Å². The van der Waals surface area contributed by atoms with Gasteiger partial charge in [0.1, 0.15) is 11.6 Å². The number of phenols is 1. The molecule has 3 rings (SSSR count). The lowest BCUT2D eigenvalue weighted by molar-refractivity contribution is -0.127. The number of fused-ring (bicyclic) bond motifs is 1. The lowest BCUT2D eigenvalue weighted by Gasteiger charge is -2.23. The number of amides is 2. The standard InChI is InChI=1S/C24H27N3O4/c1-3-11-27(12-4-2)23(29)19-13-18-6-5-17(16-7-9-20(28)10-8-16)14-21(18)25-22(15-19)26-24(30)31/h5-10,13-14,28H,3-4,11-12,15H2,1-2H3,(H,25,26)(H,30,31). The van der Waals surface area contributed by atoms with E-state index in [0.29, 0.717) is 24.4 Å². The van der Waals surface area contributed by atoms with E-state index in [2.05, 4.69) is 10.3 Å². The lowest BCUT2D eigenvalue weighted by Crippen LogP contribution is -2.36. The number of carbonyl (C=O) groups is 2. The Balaban J connectivity index is 2.04. The van der Waals surface area contributed by atoms with Gasteiger partial charge in [0.15, 0.2) is 0 Å². The average Bonchev–Trinajstić information content (AvgIpc) is 2.91. The number of carboxylic acid groups (broad SMARTS) is 1. The number of rotatable bonds is 6. The molecule has 7 nitrogen and oxygen atoms in total. The van der Waals surface area contributed by atoms with Crippen LogP contribution in [0.1, 0.15) is 38.7 Å². The Morgan fingerprint density at radius 3 is 2.29 bits per heavy atom. The van der Waals surface area contributed by atoms with E-state index >= 15 is 0 Å². The van der Waals surface area contributed by atoms with Crippen molar-refractivity contribution in [3.8, 4) is 16.9 Å². The Hall–Kier alpha value is -3.61. The van der Waals surface area contributed by atoms with Gasteiger partial charge in [-0.05, 0) is 48.2 Å². The van der Waals surface area contributed by atoms with Crippen molar-refractivity contribution in [2.75, 3.05) is 13.1 Å². The number of hydrogen-bond donors (Lipinski definition) is 3. The maximum atomic E-state index is 13.2. The van der Waals surface area contributed by atoms with E-state index in [-0.39, 0.29) is 23.9 Å². The summed E-state index contributed by atoms with van der Waals surface area (Å²) >= 11 is 0. The summed E-state index contributed by atoms with van der Waals surface area (Å²) in [6.07, 6.45) is 2.39. The Labute approximate surface area is 181 Å². The maximum absolute atomic E-state index is 13.2. The van der Waals surface area contributed by atoms with Crippen molar-refractivity contribution < 1.29 is 19.8 Å². The van der Waals surface area contributed by atoms with Crippen molar-refractivity contribution in [1.29, 1.82) is 0 Å². The van der Waals surface area contributed by atoms with E-state index in [1.54, 1.807) is 35.2 Å². The SMILES string of the molecule is CCCN(CCC)C(=O)C1=Cc2ccc(-c3ccc(O)cc3)cc2N=C(NC(=O)O)C1. The molecule has 0 fully saturated rings. The third-order valence-corrected chi connectivity index (χ3v) is 4.97. The van der Waals surface area contributed by atoms with Crippen molar-refractivity contribution in [2.45, 2.75) is 33.1 Å². The van der Waals surface area contributed by atoms with Gasteiger partial charge >= 0.3 is 6.09 Å². The summed E-state index contributed by atoms with van der Waals surface area (Å²) in [5.74, 6) is 0.292. The highest BCUT2D eigenvalue weighted by atomic mass is 16.4. The second-order valence-electron chi connectivity index (χ2n) is 7.45. The van der Waals surface area contributed by atoms with Gasteiger partial charge in [0.25, 0.3) is 0 Å². The number of aromatic hydroxyl groups is 1. The highest BCUT2D eigenvalue weighted by Crippen LogP contribution is 2.32. The van der Waals surface area contributed by atoms with Crippen molar-refractivity contribution in [3.05, 3.63) is 53.6 Å². The molecular weight excluding hydrogens is 394 g/mol. The molecule has 0 unspecified atom stereocenters. The van der Waals surface area contributed by atoms with Crippen LogP contribution in [0.3, 0.4) is 0 Å². The molecular formula is C24H27N3O4. The first-order valence-electron chi connectivity index (χ1n) is 10.4. The van der Waals surface area contributed by atoms with Gasteiger partial charge in [-0.3, -0.25) is 10.1 Å². The predicted molar refractivity (Wildman–Crippen MR) is 122 cm³/mol. The van der Waals surface area contributed by atoms with Gasteiger partial charge in [-0.25, -0.2) is 9.79 Å². The van der Waals surface area contributed by atoms with Crippen molar-refractivity contribution >= 4 is 29.6 Å². The molecule has 1 heterocycles. The summed E-state index contributed by atoms with van der Waals surface area (Å²) in [5, 5.41) is 21.1. The molecule has 0 saturated heterocycles. The maximum Gasteiger partial charge on any atom is 0.410 e. The van der Waals surface area contributed by atoms with Crippen LogP contribution in [0.2, 0.25) is 0 Å². The van der Waals surface area contributed by atoms with E-state index < -0.39 is 6.09 Å². The molecule has 3 N–H and O–H groups in total. The van der Waals surface area contributed by atoms with Crippen LogP contribution in [0.5, 0.6) is 5.75 Å². The molecule has 31 heavy (non-hydrogen) atoms. The molecule has 162 valence electrons. The first kappa shape index (κ1) is 22.1. The highest BCUT2D eigenvalue weighted by Gasteiger charge is 2.22. The monoisotopic (exact) mass is 421 g/mol. The molecule has 0 aliphatic carbocycles. The summed E-state index contributed by atoms with van der Waals surface area (Å²) < 4.78 is 0. The molecule has 0 radical (unpaired) electrons. The average molecular weight is 421 g/mol. The minimum Gasteiger partial charge on any atom is -0.508 e. The van der Waals surface area contributed by atoms with Crippen LogP contribution in [0.25, 0.3) is 17.2 Å². The third kappa shape index (κ3) is 5.51. The Bertz CT molecular complexity index is 1020. The zero-order valence-corrected chi connectivity index (χ0v) is 17.8. The number of carbonyl (C=O) groups excluding carboxylic acids is 1. The van der Waals surface area contributed by atoms with E-state index in [1.165, 1.54) is 0 Å². The molecule has 2 amide bonds. The van der Waals surface area contributed by atoms with Gasteiger partial charge in [-0.2, -0.15) is 0 Å². The molecule has 0 atom stereocenters. The Morgan fingerprint density at radius 1 is 1.03 bits per heavy atom. The molecule has 2 aromatic rings. The topological polar surface area (TPSA) is 102 Å². The van der Waals surface area contributed by atoms with Crippen LogP contribution in [0.15, 0.2) is 53.0 Å². The minimum absolute atomic E-state index is 0.0981. The number of aliphatic imine (C=N–C) groups is 1. The van der Waals surface area contributed by atoms with Crippen LogP contribution in [-0.2, 0) is 4.79 Å².